The number of nitrogens with zero attached hydrogens (tertiary/aromatic N) is 3. The van der Waals surface area contributed by atoms with Crippen LogP contribution in [0.3, 0.4) is 0 Å². The molecule has 0 bridgehead atoms. The highest BCUT2D eigenvalue weighted by atomic mass is 15.2. The van der Waals surface area contributed by atoms with E-state index in [1.807, 2.05) is 19.3 Å². The number of hydrogen-bond acceptors (Lipinski definition) is 3. The van der Waals surface area contributed by atoms with E-state index in [0.29, 0.717) is 5.92 Å². The van der Waals surface area contributed by atoms with Crippen molar-refractivity contribution in [3.63, 3.8) is 0 Å². The molecule has 0 fully saturated rings. The van der Waals surface area contributed by atoms with E-state index in [2.05, 4.69) is 38.2 Å². The van der Waals surface area contributed by atoms with Gasteiger partial charge in [0.25, 0.3) is 0 Å². The van der Waals surface area contributed by atoms with Gasteiger partial charge in [0.15, 0.2) is 0 Å². The van der Waals surface area contributed by atoms with Gasteiger partial charge in [0.2, 0.25) is 5.95 Å². The van der Waals surface area contributed by atoms with Gasteiger partial charge in [0, 0.05) is 37.6 Å². The summed E-state index contributed by atoms with van der Waals surface area (Å²) in [5.41, 5.74) is 2.40. The van der Waals surface area contributed by atoms with Gasteiger partial charge in [-0.25, -0.2) is 4.98 Å². The third-order valence-corrected chi connectivity index (χ3v) is 3.00. The summed E-state index contributed by atoms with van der Waals surface area (Å²) in [7, 11) is 0. The second-order valence-electron chi connectivity index (χ2n) is 4.22. The number of fused-ring (bicyclic) bond motifs is 1. The zero-order valence-corrected chi connectivity index (χ0v) is 9.22. The van der Waals surface area contributed by atoms with Gasteiger partial charge in [-0.15, -0.1) is 0 Å². The summed E-state index contributed by atoms with van der Waals surface area (Å²) >= 11 is 0. The minimum atomic E-state index is 0.504. The Balaban J connectivity index is 1.88. The van der Waals surface area contributed by atoms with Crippen molar-refractivity contribution in [2.24, 2.45) is 0 Å². The van der Waals surface area contributed by atoms with E-state index in [1.54, 1.807) is 0 Å². The highest BCUT2D eigenvalue weighted by Gasteiger charge is 2.20. The fourth-order valence-corrected chi connectivity index (χ4v) is 2.20. The lowest BCUT2D eigenvalue weighted by atomic mass is 9.99. The molecule has 0 amide bonds. The van der Waals surface area contributed by atoms with Gasteiger partial charge in [-0.3, -0.25) is 4.98 Å². The van der Waals surface area contributed by atoms with Crippen LogP contribution in [-0.2, 0) is 6.54 Å². The average molecular weight is 214 g/mol. The number of hydrogen-bond donors (Lipinski definition) is 1. The summed E-state index contributed by atoms with van der Waals surface area (Å²) in [5, 5.41) is 3.36. The van der Waals surface area contributed by atoms with Crippen LogP contribution in [0.1, 0.15) is 17.2 Å². The number of imidazole rings is 1. The van der Waals surface area contributed by atoms with Crippen LogP contribution in [0.4, 0.5) is 5.95 Å². The molecule has 1 aliphatic rings. The van der Waals surface area contributed by atoms with Crippen LogP contribution in [-0.4, -0.2) is 21.1 Å². The molecular weight excluding hydrogens is 200 g/mol. The predicted octanol–water partition coefficient (Wildman–Crippen LogP) is 1.80. The van der Waals surface area contributed by atoms with Gasteiger partial charge < -0.3 is 9.88 Å². The topological polar surface area (TPSA) is 42.7 Å². The first-order chi connectivity index (χ1) is 7.83. The number of anilines is 1. The summed E-state index contributed by atoms with van der Waals surface area (Å²) in [5.74, 6) is 1.49. The monoisotopic (exact) mass is 214 g/mol. The van der Waals surface area contributed by atoms with E-state index in [0.717, 1.165) is 24.7 Å². The number of nitrogens with one attached hydrogen (secondary N) is 1. The Kier molecular flexibility index (Phi) is 2.13. The first kappa shape index (κ1) is 9.39. The van der Waals surface area contributed by atoms with E-state index < -0.39 is 0 Å². The maximum Gasteiger partial charge on any atom is 0.203 e. The van der Waals surface area contributed by atoms with Crippen molar-refractivity contribution >= 4 is 5.95 Å². The van der Waals surface area contributed by atoms with Crippen molar-refractivity contribution in [3.8, 4) is 0 Å². The Bertz CT molecular complexity index is 489. The van der Waals surface area contributed by atoms with E-state index in [-0.39, 0.29) is 0 Å². The fraction of sp³-hybridized carbons (Fsp3) is 0.333. The fourth-order valence-electron chi connectivity index (χ4n) is 2.20. The summed E-state index contributed by atoms with van der Waals surface area (Å²) in [4.78, 5) is 8.47. The molecule has 3 heterocycles. The van der Waals surface area contributed by atoms with Crippen LogP contribution in [0, 0.1) is 6.92 Å². The second-order valence-corrected chi connectivity index (χ2v) is 4.22. The lowest BCUT2D eigenvalue weighted by Crippen LogP contribution is -2.25. The molecule has 0 saturated carbocycles. The van der Waals surface area contributed by atoms with Crippen LogP contribution in [0.2, 0.25) is 0 Å². The quantitative estimate of drug-likeness (QED) is 0.787. The molecular formula is C12H14N4. The molecule has 0 saturated heterocycles. The molecule has 0 aromatic carbocycles. The SMILES string of the molecule is Cc1cn2c(n1)NCC(c1ccncc1)C2. The lowest BCUT2D eigenvalue weighted by molar-refractivity contribution is 0.548. The third kappa shape index (κ3) is 1.56. The predicted molar refractivity (Wildman–Crippen MR) is 62.4 cm³/mol. The molecule has 82 valence electrons. The van der Waals surface area contributed by atoms with Gasteiger partial charge in [-0.1, -0.05) is 0 Å². The van der Waals surface area contributed by atoms with Gasteiger partial charge in [-0.05, 0) is 24.6 Å². The molecule has 1 aliphatic heterocycles. The molecule has 4 nitrogen and oxygen atoms in total. The molecule has 0 spiro atoms. The van der Waals surface area contributed by atoms with Crippen LogP contribution in [0.25, 0.3) is 0 Å². The first-order valence-corrected chi connectivity index (χ1v) is 5.50. The molecule has 1 unspecified atom stereocenters. The molecule has 3 rings (SSSR count). The molecule has 16 heavy (non-hydrogen) atoms. The van der Waals surface area contributed by atoms with Gasteiger partial charge in [-0.2, -0.15) is 0 Å². The number of aryl methyl sites for hydroxylation is 1. The Morgan fingerprint density at radius 3 is 3.00 bits per heavy atom. The molecule has 2 aromatic heterocycles. The van der Waals surface area contributed by atoms with Gasteiger partial charge >= 0.3 is 0 Å². The van der Waals surface area contributed by atoms with E-state index in [1.165, 1.54) is 5.56 Å². The maximum absolute atomic E-state index is 4.42. The van der Waals surface area contributed by atoms with Crippen LogP contribution >= 0.6 is 0 Å². The van der Waals surface area contributed by atoms with E-state index >= 15 is 0 Å². The second kappa shape index (κ2) is 3.63. The van der Waals surface area contributed by atoms with Crippen LogP contribution < -0.4 is 5.32 Å². The number of aromatic nitrogens is 3. The lowest BCUT2D eigenvalue weighted by Gasteiger charge is -2.25. The zero-order chi connectivity index (χ0) is 11.0. The van der Waals surface area contributed by atoms with Crippen molar-refractivity contribution in [1.29, 1.82) is 0 Å². The maximum atomic E-state index is 4.42. The largest absolute Gasteiger partial charge is 0.355 e. The van der Waals surface area contributed by atoms with E-state index in [4.69, 9.17) is 0 Å². The van der Waals surface area contributed by atoms with Crippen molar-refractivity contribution in [2.75, 3.05) is 11.9 Å². The first-order valence-electron chi connectivity index (χ1n) is 5.50. The smallest absolute Gasteiger partial charge is 0.203 e. The van der Waals surface area contributed by atoms with Gasteiger partial charge in [0.05, 0.1) is 5.69 Å². The Labute approximate surface area is 94.4 Å². The molecule has 0 radical (unpaired) electrons. The standard InChI is InChI=1S/C12H14N4/c1-9-7-16-8-11(6-14-12(16)15-9)10-2-4-13-5-3-10/h2-5,7,11H,6,8H2,1H3,(H,14,15). The summed E-state index contributed by atoms with van der Waals surface area (Å²) in [6.45, 7) is 3.96. The minimum Gasteiger partial charge on any atom is -0.355 e. The average Bonchev–Trinajstić information content (AvgIpc) is 2.69. The molecule has 2 aromatic rings. The number of pyridine rings is 1. The molecule has 1 atom stereocenters. The van der Waals surface area contributed by atoms with Crippen molar-refractivity contribution in [2.45, 2.75) is 19.4 Å². The van der Waals surface area contributed by atoms with Crippen molar-refractivity contribution in [3.05, 3.63) is 42.0 Å². The van der Waals surface area contributed by atoms with Crippen LogP contribution in [0.5, 0.6) is 0 Å². The van der Waals surface area contributed by atoms with Crippen LogP contribution in [0.15, 0.2) is 30.7 Å². The molecule has 0 aliphatic carbocycles. The third-order valence-electron chi connectivity index (χ3n) is 3.00. The normalized spacial score (nSPS) is 18.9. The highest BCUT2D eigenvalue weighted by Crippen LogP contribution is 2.24. The Morgan fingerprint density at radius 1 is 1.38 bits per heavy atom. The summed E-state index contributed by atoms with van der Waals surface area (Å²) in [6, 6.07) is 4.17. The summed E-state index contributed by atoms with van der Waals surface area (Å²) in [6.07, 6.45) is 5.80. The highest BCUT2D eigenvalue weighted by molar-refractivity contribution is 5.34. The minimum absolute atomic E-state index is 0.504. The molecule has 1 N–H and O–H groups in total. The zero-order valence-electron chi connectivity index (χ0n) is 9.22. The number of rotatable bonds is 1. The Hall–Kier alpha value is -1.84. The van der Waals surface area contributed by atoms with Crippen molar-refractivity contribution < 1.29 is 0 Å². The summed E-state index contributed by atoms with van der Waals surface area (Å²) < 4.78 is 2.18. The van der Waals surface area contributed by atoms with E-state index in [9.17, 15) is 0 Å². The Morgan fingerprint density at radius 2 is 2.19 bits per heavy atom. The van der Waals surface area contributed by atoms with Gasteiger partial charge in [0.1, 0.15) is 0 Å². The molecule has 4 heteroatoms. The van der Waals surface area contributed by atoms with Crippen molar-refractivity contribution in [1.82, 2.24) is 14.5 Å².